The molecule has 1 aliphatic heterocycles. The number of aryl methyl sites for hydroxylation is 1. The first-order valence-electron chi connectivity index (χ1n) is 4.93. The zero-order valence-electron chi connectivity index (χ0n) is 8.85. The Morgan fingerprint density at radius 1 is 1.44 bits per heavy atom. The SMILES string of the molecule is Cc1ccc(Br)cc1S(=O)(=O)N1CC(N)C1. The number of hydrogen-bond donors (Lipinski definition) is 1. The molecule has 0 spiro atoms. The molecule has 1 fully saturated rings. The van der Waals surface area contributed by atoms with Crippen molar-refractivity contribution in [1.29, 1.82) is 0 Å². The van der Waals surface area contributed by atoms with Gasteiger partial charge in [-0.2, -0.15) is 4.31 Å². The van der Waals surface area contributed by atoms with E-state index in [1.165, 1.54) is 4.31 Å². The number of nitrogens with two attached hydrogens (primary N) is 1. The second kappa shape index (κ2) is 4.10. The molecule has 88 valence electrons. The second-order valence-electron chi connectivity index (χ2n) is 3.99. The van der Waals surface area contributed by atoms with E-state index in [4.69, 9.17) is 5.73 Å². The molecule has 1 aromatic rings. The van der Waals surface area contributed by atoms with E-state index < -0.39 is 10.0 Å². The summed E-state index contributed by atoms with van der Waals surface area (Å²) in [6, 6.07) is 5.23. The van der Waals surface area contributed by atoms with E-state index in [0.717, 1.165) is 10.0 Å². The van der Waals surface area contributed by atoms with Crippen molar-refractivity contribution in [3.8, 4) is 0 Å². The molecule has 0 saturated carbocycles. The van der Waals surface area contributed by atoms with Gasteiger partial charge in [0, 0.05) is 23.6 Å². The maximum atomic E-state index is 12.2. The second-order valence-corrected chi connectivity index (χ2v) is 6.81. The molecule has 1 saturated heterocycles. The lowest BCUT2D eigenvalue weighted by atomic mass is 10.2. The molecule has 0 atom stereocenters. The van der Waals surface area contributed by atoms with Crippen molar-refractivity contribution in [2.45, 2.75) is 17.9 Å². The molecule has 0 aromatic heterocycles. The van der Waals surface area contributed by atoms with Gasteiger partial charge >= 0.3 is 0 Å². The number of halogens is 1. The minimum absolute atomic E-state index is 0.0257. The van der Waals surface area contributed by atoms with E-state index in [1.807, 2.05) is 6.07 Å². The third-order valence-electron chi connectivity index (χ3n) is 2.64. The number of benzene rings is 1. The van der Waals surface area contributed by atoms with Gasteiger partial charge in [-0.3, -0.25) is 0 Å². The molecule has 16 heavy (non-hydrogen) atoms. The summed E-state index contributed by atoms with van der Waals surface area (Å²) in [5.74, 6) is 0. The molecule has 6 heteroatoms. The van der Waals surface area contributed by atoms with Crippen LogP contribution in [0.1, 0.15) is 5.56 Å². The van der Waals surface area contributed by atoms with Crippen molar-refractivity contribution < 1.29 is 8.42 Å². The quantitative estimate of drug-likeness (QED) is 0.889. The van der Waals surface area contributed by atoms with Crippen molar-refractivity contribution in [1.82, 2.24) is 4.31 Å². The van der Waals surface area contributed by atoms with Crippen LogP contribution in [0.3, 0.4) is 0 Å². The van der Waals surface area contributed by atoms with Gasteiger partial charge in [-0.05, 0) is 24.6 Å². The van der Waals surface area contributed by atoms with Crippen LogP contribution in [0.4, 0.5) is 0 Å². The summed E-state index contributed by atoms with van der Waals surface area (Å²) in [4.78, 5) is 0.355. The summed E-state index contributed by atoms with van der Waals surface area (Å²) in [7, 11) is -3.36. The maximum absolute atomic E-state index is 12.2. The summed E-state index contributed by atoms with van der Waals surface area (Å²) in [5, 5.41) is 0. The third kappa shape index (κ3) is 2.02. The van der Waals surface area contributed by atoms with Crippen molar-refractivity contribution in [3.05, 3.63) is 28.2 Å². The first kappa shape index (κ1) is 12.0. The molecular weight excluding hydrogens is 292 g/mol. The lowest BCUT2D eigenvalue weighted by Gasteiger charge is -2.35. The van der Waals surface area contributed by atoms with E-state index in [0.29, 0.717) is 18.0 Å². The van der Waals surface area contributed by atoms with Gasteiger partial charge in [0.25, 0.3) is 0 Å². The highest BCUT2D eigenvalue weighted by molar-refractivity contribution is 9.10. The molecule has 2 rings (SSSR count). The first-order valence-corrected chi connectivity index (χ1v) is 7.16. The van der Waals surface area contributed by atoms with E-state index in [1.54, 1.807) is 19.1 Å². The molecule has 0 aliphatic carbocycles. The summed E-state index contributed by atoms with van der Waals surface area (Å²) in [6.45, 7) is 2.61. The van der Waals surface area contributed by atoms with E-state index in [2.05, 4.69) is 15.9 Å². The van der Waals surface area contributed by atoms with Crippen LogP contribution in [0.15, 0.2) is 27.6 Å². The highest BCUT2D eigenvalue weighted by Gasteiger charge is 2.35. The van der Waals surface area contributed by atoms with Gasteiger partial charge in [0.05, 0.1) is 4.90 Å². The Hall–Kier alpha value is -0.430. The molecule has 4 nitrogen and oxygen atoms in total. The van der Waals surface area contributed by atoms with Crippen molar-refractivity contribution >= 4 is 26.0 Å². The Kier molecular flexibility index (Phi) is 3.09. The van der Waals surface area contributed by atoms with Crippen LogP contribution in [0.2, 0.25) is 0 Å². The van der Waals surface area contributed by atoms with Gasteiger partial charge in [0.15, 0.2) is 0 Å². The average Bonchev–Trinajstić information content (AvgIpc) is 2.16. The Labute approximate surface area is 104 Å². The minimum Gasteiger partial charge on any atom is -0.325 e. The van der Waals surface area contributed by atoms with Gasteiger partial charge < -0.3 is 5.73 Å². The highest BCUT2D eigenvalue weighted by atomic mass is 79.9. The minimum atomic E-state index is -3.36. The zero-order chi connectivity index (χ0) is 11.9. The van der Waals surface area contributed by atoms with Crippen LogP contribution >= 0.6 is 15.9 Å². The van der Waals surface area contributed by atoms with Crippen LogP contribution in [-0.4, -0.2) is 31.9 Å². The Morgan fingerprint density at radius 2 is 2.06 bits per heavy atom. The Balaban J connectivity index is 2.40. The van der Waals surface area contributed by atoms with Crippen LogP contribution < -0.4 is 5.73 Å². The standard InChI is InChI=1S/C10H13BrN2O2S/c1-7-2-3-8(11)4-10(7)16(14,15)13-5-9(12)6-13/h2-4,9H,5-6,12H2,1H3. The molecular formula is C10H13BrN2O2S. The summed E-state index contributed by atoms with van der Waals surface area (Å²) in [5.41, 5.74) is 6.35. The number of hydrogen-bond acceptors (Lipinski definition) is 3. The molecule has 0 bridgehead atoms. The van der Waals surface area contributed by atoms with E-state index in [-0.39, 0.29) is 6.04 Å². The van der Waals surface area contributed by atoms with Gasteiger partial charge in [-0.15, -0.1) is 0 Å². The third-order valence-corrected chi connectivity index (χ3v) is 5.11. The fourth-order valence-corrected chi connectivity index (χ4v) is 3.97. The lowest BCUT2D eigenvalue weighted by molar-refractivity contribution is 0.265. The van der Waals surface area contributed by atoms with Crippen LogP contribution in [-0.2, 0) is 10.0 Å². The topological polar surface area (TPSA) is 63.4 Å². The number of rotatable bonds is 2. The lowest BCUT2D eigenvalue weighted by Crippen LogP contribution is -2.57. The molecule has 0 radical (unpaired) electrons. The highest BCUT2D eigenvalue weighted by Crippen LogP contribution is 2.26. The summed E-state index contributed by atoms with van der Waals surface area (Å²) >= 11 is 3.28. The van der Waals surface area contributed by atoms with Crippen LogP contribution in [0.25, 0.3) is 0 Å². The Morgan fingerprint density at radius 3 is 2.62 bits per heavy atom. The van der Waals surface area contributed by atoms with Crippen LogP contribution in [0, 0.1) is 6.92 Å². The largest absolute Gasteiger partial charge is 0.325 e. The molecule has 1 heterocycles. The summed E-state index contributed by atoms with van der Waals surface area (Å²) in [6.07, 6.45) is 0. The summed E-state index contributed by atoms with van der Waals surface area (Å²) < 4.78 is 26.5. The smallest absolute Gasteiger partial charge is 0.243 e. The predicted octanol–water partition coefficient (Wildman–Crippen LogP) is 1.09. The van der Waals surface area contributed by atoms with Gasteiger partial charge in [-0.25, -0.2) is 8.42 Å². The van der Waals surface area contributed by atoms with E-state index in [9.17, 15) is 8.42 Å². The van der Waals surface area contributed by atoms with E-state index >= 15 is 0 Å². The van der Waals surface area contributed by atoms with Crippen LogP contribution in [0.5, 0.6) is 0 Å². The van der Waals surface area contributed by atoms with Gasteiger partial charge in [0.2, 0.25) is 10.0 Å². The molecule has 1 aromatic carbocycles. The molecule has 0 amide bonds. The fourth-order valence-electron chi connectivity index (χ4n) is 1.66. The number of nitrogens with zero attached hydrogens (tertiary/aromatic N) is 1. The number of sulfonamides is 1. The van der Waals surface area contributed by atoms with Crippen molar-refractivity contribution in [2.75, 3.05) is 13.1 Å². The molecule has 2 N–H and O–H groups in total. The molecule has 1 aliphatic rings. The van der Waals surface area contributed by atoms with Crippen molar-refractivity contribution in [3.63, 3.8) is 0 Å². The fraction of sp³-hybridized carbons (Fsp3) is 0.400. The maximum Gasteiger partial charge on any atom is 0.243 e. The van der Waals surface area contributed by atoms with Gasteiger partial charge in [0.1, 0.15) is 0 Å². The first-order chi connectivity index (χ1) is 7.41. The Bertz CT molecular complexity index is 510. The van der Waals surface area contributed by atoms with Crippen molar-refractivity contribution in [2.24, 2.45) is 5.73 Å². The normalized spacial score (nSPS) is 18.4. The predicted molar refractivity (Wildman–Crippen MR) is 65.6 cm³/mol. The average molecular weight is 305 g/mol. The molecule has 0 unspecified atom stereocenters. The van der Waals surface area contributed by atoms with Gasteiger partial charge in [-0.1, -0.05) is 22.0 Å². The zero-order valence-corrected chi connectivity index (χ0v) is 11.3. The monoisotopic (exact) mass is 304 g/mol.